The van der Waals surface area contributed by atoms with Crippen molar-refractivity contribution in [3.63, 3.8) is 0 Å². The van der Waals surface area contributed by atoms with Gasteiger partial charge >= 0.3 is 6.18 Å². The molecule has 1 fully saturated rings. The van der Waals surface area contributed by atoms with Crippen LogP contribution >= 0.6 is 24.0 Å². The molecule has 0 heterocycles. The molecule has 1 saturated carbocycles. The summed E-state index contributed by atoms with van der Waals surface area (Å²) in [5.41, 5.74) is 5.76. The summed E-state index contributed by atoms with van der Waals surface area (Å²) >= 11 is 0. The van der Waals surface area contributed by atoms with Gasteiger partial charge in [0.1, 0.15) is 0 Å². The van der Waals surface area contributed by atoms with E-state index in [9.17, 15) is 13.2 Å². The fraction of sp³-hybridized carbons (Fsp3) is 0.909. The summed E-state index contributed by atoms with van der Waals surface area (Å²) in [6.07, 6.45) is -1.28. The van der Waals surface area contributed by atoms with Gasteiger partial charge in [0.2, 0.25) is 0 Å². The van der Waals surface area contributed by atoms with E-state index in [0.717, 1.165) is 12.8 Å². The van der Waals surface area contributed by atoms with E-state index in [-0.39, 0.29) is 24.0 Å². The van der Waals surface area contributed by atoms with Gasteiger partial charge in [-0.05, 0) is 32.9 Å². The van der Waals surface area contributed by atoms with Crippen molar-refractivity contribution in [2.24, 2.45) is 10.7 Å². The molecule has 0 unspecified atom stereocenters. The lowest BCUT2D eigenvalue weighted by Crippen LogP contribution is -2.36. The van der Waals surface area contributed by atoms with Gasteiger partial charge in [-0.2, -0.15) is 13.2 Å². The number of rotatable bonds is 6. The van der Waals surface area contributed by atoms with Crippen molar-refractivity contribution in [2.45, 2.75) is 31.5 Å². The quantitative estimate of drug-likeness (QED) is 0.324. The van der Waals surface area contributed by atoms with Gasteiger partial charge < -0.3 is 10.6 Å². The van der Waals surface area contributed by atoms with Gasteiger partial charge in [-0.15, -0.1) is 24.0 Å². The fourth-order valence-electron chi connectivity index (χ4n) is 1.68. The zero-order valence-electron chi connectivity index (χ0n) is 11.3. The maximum absolute atomic E-state index is 12.0. The first-order valence-corrected chi connectivity index (χ1v) is 6.07. The third-order valence-electron chi connectivity index (χ3n) is 2.88. The molecule has 0 aromatic heterocycles. The molecule has 1 aliphatic rings. The van der Waals surface area contributed by atoms with Gasteiger partial charge in [0.05, 0.1) is 6.54 Å². The second-order valence-corrected chi connectivity index (χ2v) is 4.79. The molecule has 0 radical (unpaired) electrons. The Kier molecular flexibility index (Phi) is 8.02. The number of nitrogens with zero attached hydrogens (tertiary/aromatic N) is 3. The molecule has 0 aromatic rings. The maximum atomic E-state index is 12.0. The van der Waals surface area contributed by atoms with Gasteiger partial charge in [-0.3, -0.25) is 9.89 Å². The Morgan fingerprint density at radius 3 is 2.37 bits per heavy atom. The Morgan fingerprint density at radius 1 is 1.32 bits per heavy atom. The first-order chi connectivity index (χ1) is 8.29. The molecule has 1 rings (SSSR count). The van der Waals surface area contributed by atoms with Crippen LogP contribution in [0.3, 0.4) is 0 Å². The van der Waals surface area contributed by atoms with Gasteiger partial charge in [0, 0.05) is 19.6 Å². The number of alkyl halides is 3. The van der Waals surface area contributed by atoms with E-state index in [1.807, 2.05) is 11.9 Å². The van der Waals surface area contributed by atoms with E-state index < -0.39 is 12.7 Å². The molecule has 114 valence electrons. The fourth-order valence-corrected chi connectivity index (χ4v) is 1.68. The summed E-state index contributed by atoms with van der Waals surface area (Å²) < 4.78 is 36.1. The van der Waals surface area contributed by atoms with E-state index in [0.29, 0.717) is 31.5 Å². The topological polar surface area (TPSA) is 44.9 Å². The predicted octanol–water partition coefficient (Wildman–Crippen LogP) is 1.90. The predicted molar refractivity (Wildman–Crippen MR) is 80.9 cm³/mol. The largest absolute Gasteiger partial charge is 0.401 e. The van der Waals surface area contributed by atoms with E-state index in [1.165, 1.54) is 11.9 Å². The molecule has 0 aliphatic heterocycles. The maximum Gasteiger partial charge on any atom is 0.401 e. The first-order valence-electron chi connectivity index (χ1n) is 6.07. The lowest BCUT2D eigenvalue weighted by atomic mass is 10.4. The van der Waals surface area contributed by atoms with Crippen molar-refractivity contribution < 1.29 is 13.2 Å². The molecule has 8 heteroatoms. The Morgan fingerprint density at radius 2 is 1.89 bits per heavy atom. The smallest absolute Gasteiger partial charge is 0.370 e. The minimum absolute atomic E-state index is 0. The van der Waals surface area contributed by atoms with Crippen LogP contribution in [-0.4, -0.2) is 61.7 Å². The van der Waals surface area contributed by atoms with Crippen molar-refractivity contribution >= 4 is 29.9 Å². The van der Waals surface area contributed by atoms with Crippen LogP contribution in [0.15, 0.2) is 4.99 Å². The van der Waals surface area contributed by atoms with Crippen LogP contribution in [0.2, 0.25) is 0 Å². The van der Waals surface area contributed by atoms with Crippen LogP contribution < -0.4 is 5.73 Å². The van der Waals surface area contributed by atoms with Crippen LogP contribution in [0.4, 0.5) is 13.2 Å². The van der Waals surface area contributed by atoms with Crippen molar-refractivity contribution in [3.05, 3.63) is 0 Å². The van der Waals surface area contributed by atoms with Crippen molar-refractivity contribution in [1.29, 1.82) is 0 Å². The highest BCUT2D eigenvalue weighted by Gasteiger charge is 2.29. The van der Waals surface area contributed by atoms with Gasteiger partial charge in [0.15, 0.2) is 5.96 Å². The molecule has 0 spiro atoms. The van der Waals surface area contributed by atoms with Gasteiger partial charge in [0.25, 0.3) is 0 Å². The summed E-state index contributed by atoms with van der Waals surface area (Å²) in [7, 11) is 3.35. The molecular formula is C11H22F3IN4. The van der Waals surface area contributed by atoms with Crippen molar-refractivity contribution in [1.82, 2.24) is 9.80 Å². The molecular weight excluding hydrogens is 372 g/mol. The second-order valence-electron chi connectivity index (χ2n) is 4.79. The molecule has 1 aliphatic carbocycles. The molecule has 0 aromatic carbocycles. The van der Waals surface area contributed by atoms with Crippen molar-refractivity contribution in [2.75, 3.05) is 33.7 Å². The Labute approximate surface area is 129 Å². The van der Waals surface area contributed by atoms with Crippen LogP contribution in [0.5, 0.6) is 0 Å². The third kappa shape index (κ3) is 8.51. The summed E-state index contributed by atoms with van der Waals surface area (Å²) in [5.74, 6) is 0.482. The van der Waals surface area contributed by atoms with Crippen molar-refractivity contribution in [3.8, 4) is 0 Å². The second kappa shape index (κ2) is 8.13. The lowest BCUT2D eigenvalue weighted by Gasteiger charge is -2.19. The van der Waals surface area contributed by atoms with Gasteiger partial charge in [-0.1, -0.05) is 0 Å². The van der Waals surface area contributed by atoms with Crippen LogP contribution in [0.1, 0.15) is 19.3 Å². The molecule has 0 amide bonds. The number of guanidine groups is 1. The third-order valence-corrected chi connectivity index (χ3v) is 2.88. The monoisotopic (exact) mass is 394 g/mol. The highest BCUT2D eigenvalue weighted by atomic mass is 127. The lowest BCUT2D eigenvalue weighted by molar-refractivity contribution is -0.143. The van der Waals surface area contributed by atoms with E-state index in [2.05, 4.69) is 4.99 Å². The summed E-state index contributed by atoms with van der Waals surface area (Å²) in [5, 5.41) is 0. The highest BCUT2D eigenvalue weighted by molar-refractivity contribution is 14.0. The number of hydrogen-bond acceptors (Lipinski definition) is 2. The Bertz CT molecular complexity index is 292. The Balaban J connectivity index is 0.00000324. The number of aliphatic imine (C=N–C) groups is 1. The highest BCUT2D eigenvalue weighted by Crippen LogP contribution is 2.24. The molecule has 2 N–H and O–H groups in total. The summed E-state index contributed by atoms with van der Waals surface area (Å²) in [6.45, 7) is -0.0529. The zero-order valence-corrected chi connectivity index (χ0v) is 13.6. The molecule has 0 saturated heterocycles. The molecule has 19 heavy (non-hydrogen) atoms. The molecule has 4 nitrogen and oxygen atoms in total. The average Bonchev–Trinajstić information content (AvgIpc) is 3.04. The average molecular weight is 394 g/mol. The van der Waals surface area contributed by atoms with E-state index >= 15 is 0 Å². The zero-order chi connectivity index (χ0) is 13.8. The summed E-state index contributed by atoms with van der Waals surface area (Å²) in [4.78, 5) is 7.34. The first kappa shape index (κ1) is 18.8. The van der Waals surface area contributed by atoms with Crippen LogP contribution in [0, 0.1) is 0 Å². The standard InChI is InChI=1S/C11H21F3N4.HI/c1-17(8-11(12,13)14)7-3-6-16-10(15)18(2)9-4-5-9;/h9H,3-8H2,1-2H3,(H2,15,16);1H. The molecule has 0 bridgehead atoms. The SMILES string of the molecule is CN(CCCN=C(N)N(C)C1CC1)CC(F)(F)F.I. The minimum Gasteiger partial charge on any atom is -0.370 e. The van der Waals surface area contributed by atoms with E-state index in [4.69, 9.17) is 5.73 Å². The van der Waals surface area contributed by atoms with Crippen LogP contribution in [0.25, 0.3) is 0 Å². The Hall–Kier alpha value is -0.250. The van der Waals surface area contributed by atoms with Gasteiger partial charge in [-0.25, -0.2) is 0 Å². The van der Waals surface area contributed by atoms with E-state index in [1.54, 1.807) is 0 Å². The number of halogens is 4. The normalized spacial score (nSPS) is 16.4. The van der Waals surface area contributed by atoms with Crippen LogP contribution in [-0.2, 0) is 0 Å². The summed E-state index contributed by atoms with van der Waals surface area (Å²) in [6, 6.07) is 0.502. The molecule has 0 atom stereocenters. The minimum atomic E-state index is -4.14. The number of hydrogen-bond donors (Lipinski definition) is 1. The number of nitrogens with two attached hydrogens (primary N) is 1.